The van der Waals surface area contributed by atoms with Crippen LogP contribution in [0.25, 0.3) is 11.4 Å². The van der Waals surface area contributed by atoms with Crippen molar-refractivity contribution in [1.82, 2.24) is 24.8 Å². The number of hydrogen-bond acceptors (Lipinski definition) is 6. The molecule has 0 radical (unpaired) electrons. The van der Waals surface area contributed by atoms with Gasteiger partial charge in [-0.25, -0.2) is 4.39 Å². The molecule has 0 N–H and O–H groups in total. The first-order valence-electron chi connectivity index (χ1n) is 10.4. The number of likely N-dealkylation sites (N-methyl/N-ethyl adjacent to an activating group) is 1. The number of carbonyl (C=O) groups is 2. The topological polar surface area (TPSA) is 82.8 Å². The molecule has 8 nitrogen and oxygen atoms in total. The molecule has 1 aliphatic heterocycles. The Balaban J connectivity index is 1.43. The van der Waals surface area contributed by atoms with Crippen molar-refractivity contribution in [3.05, 3.63) is 36.0 Å². The molecule has 1 aliphatic rings. The van der Waals surface area contributed by atoms with Crippen LogP contribution in [0.5, 0.6) is 0 Å². The molecule has 1 saturated heterocycles. The van der Waals surface area contributed by atoms with Gasteiger partial charge in [0, 0.05) is 57.7 Å². The Morgan fingerprint density at radius 2 is 1.77 bits per heavy atom. The SMILES string of the molecule is CCN(CC)C(=O)CN1CCN(C(=O)CCc2nc(-c3ccc(F)cc3)no2)CC1. The minimum absolute atomic E-state index is 0.0336. The number of carbonyl (C=O) groups excluding carboxylic acids is 2. The molecule has 162 valence electrons. The molecule has 1 aromatic carbocycles. The van der Waals surface area contributed by atoms with Crippen LogP contribution in [0.1, 0.15) is 26.2 Å². The van der Waals surface area contributed by atoms with Gasteiger partial charge in [-0.05, 0) is 38.1 Å². The van der Waals surface area contributed by atoms with Crippen molar-refractivity contribution < 1.29 is 18.5 Å². The maximum Gasteiger partial charge on any atom is 0.236 e. The normalized spacial score (nSPS) is 14.7. The minimum Gasteiger partial charge on any atom is -0.342 e. The predicted molar refractivity (Wildman–Crippen MR) is 109 cm³/mol. The Bertz CT molecular complexity index is 843. The molecule has 3 rings (SSSR count). The smallest absolute Gasteiger partial charge is 0.236 e. The fourth-order valence-electron chi connectivity index (χ4n) is 3.47. The molecule has 0 atom stereocenters. The van der Waals surface area contributed by atoms with Crippen LogP contribution in [-0.4, -0.2) is 82.5 Å². The summed E-state index contributed by atoms with van der Waals surface area (Å²) >= 11 is 0. The highest BCUT2D eigenvalue weighted by molar-refractivity contribution is 5.78. The summed E-state index contributed by atoms with van der Waals surface area (Å²) < 4.78 is 18.2. The zero-order valence-corrected chi connectivity index (χ0v) is 17.5. The number of amides is 2. The van der Waals surface area contributed by atoms with Gasteiger partial charge in [0.15, 0.2) is 0 Å². The molecule has 2 heterocycles. The first kappa shape index (κ1) is 21.9. The lowest BCUT2D eigenvalue weighted by Crippen LogP contribution is -2.51. The van der Waals surface area contributed by atoms with E-state index in [2.05, 4.69) is 15.0 Å². The summed E-state index contributed by atoms with van der Waals surface area (Å²) in [6.45, 7) is 8.37. The standard InChI is InChI=1S/C21H28FN5O3/c1-3-26(4-2)20(29)15-25-11-13-27(14-12-25)19(28)10-9-18-23-21(24-30-18)16-5-7-17(22)8-6-16/h5-8H,3-4,9-15H2,1-2H3. The number of aromatic nitrogens is 2. The Labute approximate surface area is 175 Å². The van der Waals surface area contributed by atoms with Crippen LogP contribution in [0.3, 0.4) is 0 Å². The fraction of sp³-hybridized carbons (Fsp3) is 0.524. The van der Waals surface area contributed by atoms with E-state index in [9.17, 15) is 14.0 Å². The largest absolute Gasteiger partial charge is 0.342 e. The van der Waals surface area contributed by atoms with Gasteiger partial charge in [0.05, 0.1) is 6.54 Å². The molecule has 2 amide bonds. The summed E-state index contributed by atoms with van der Waals surface area (Å²) in [7, 11) is 0. The van der Waals surface area contributed by atoms with E-state index in [1.165, 1.54) is 12.1 Å². The number of hydrogen-bond donors (Lipinski definition) is 0. The van der Waals surface area contributed by atoms with Crippen LogP contribution >= 0.6 is 0 Å². The number of halogens is 1. The van der Waals surface area contributed by atoms with Crippen molar-refractivity contribution in [1.29, 1.82) is 0 Å². The van der Waals surface area contributed by atoms with Crippen molar-refractivity contribution in [3.63, 3.8) is 0 Å². The summed E-state index contributed by atoms with van der Waals surface area (Å²) in [6.07, 6.45) is 0.636. The van der Waals surface area contributed by atoms with Gasteiger partial charge < -0.3 is 14.3 Å². The maximum atomic E-state index is 13.0. The molecule has 1 fully saturated rings. The molecule has 0 aliphatic carbocycles. The molecule has 0 saturated carbocycles. The second kappa shape index (κ2) is 10.3. The van der Waals surface area contributed by atoms with Gasteiger partial charge in [0.2, 0.25) is 23.5 Å². The average molecular weight is 417 g/mol. The Hall–Kier alpha value is -2.81. The number of benzene rings is 1. The van der Waals surface area contributed by atoms with Gasteiger partial charge >= 0.3 is 0 Å². The van der Waals surface area contributed by atoms with Crippen molar-refractivity contribution in [2.75, 3.05) is 45.8 Å². The first-order chi connectivity index (χ1) is 14.5. The van der Waals surface area contributed by atoms with Crippen LogP contribution in [0, 0.1) is 5.82 Å². The quantitative estimate of drug-likeness (QED) is 0.652. The third kappa shape index (κ3) is 5.63. The lowest BCUT2D eigenvalue weighted by Gasteiger charge is -2.35. The van der Waals surface area contributed by atoms with Crippen molar-refractivity contribution >= 4 is 11.8 Å². The van der Waals surface area contributed by atoms with E-state index in [0.717, 1.165) is 0 Å². The van der Waals surface area contributed by atoms with Gasteiger partial charge in [-0.15, -0.1) is 0 Å². The van der Waals surface area contributed by atoms with E-state index in [0.29, 0.717) is 69.5 Å². The van der Waals surface area contributed by atoms with Crippen LogP contribution < -0.4 is 0 Å². The lowest BCUT2D eigenvalue weighted by atomic mass is 10.2. The van der Waals surface area contributed by atoms with Gasteiger partial charge in [0.1, 0.15) is 5.82 Å². The van der Waals surface area contributed by atoms with Gasteiger partial charge in [-0.2, -0.15) is 4.98 Å². The van der Waals surface area contributed by atoms with E-state index in [1.807, 2.05) is 23.6 Å². The van der Waals surface area contributed by atoms with Gasteiger partial charge in [0.25, 0.3) is 0 Å². The average Bonchev–Trinajstić information content (AvgIpc) is 3.23. The maximum absolute atomic E-state index is 13.0. The molecule has 30 heavy (non-hydrogen) atoms. The predicted octanol–water partition coefficient (Wildman–Crippen LogP) is 1.82. The van der Waals surface area contributed by atoms with Gasteiger partial charge in [-0.1, -0.05) is 5.16 Å². The van der Waals surface area contributed by atoms with E-state index in [1.54, 1.807) is 12.1 Å². The molecule has 0 unspecified atom stereocenters. The monoisotopic (exact) mass is 417 g/mol. The Morgan fingerprint density at radius 1 is 1.10 bits per heavy atom. The van der Waals surface area contributed by atoms with Crippen LogP contribution in [0.15, 0.2) is 28.8 Å². The van der Waals surface area contributed by atoms with E-state index >= 15 is 0 Å². The van der Waals surface area contributed by atoms with Crippen molar-refractivity contribution in [2.45, 2.75) is 26.7 Å². The summed E-state index contributed by atoms with van der Waals surface area (Å²) in [4.78, 5) is 34.8. The number of piperazine rings is 1. The fourth-order valence-corrected chi connectivity index (χ4v) is 3.47. The molecular formula is C21H28FN5O3. The highest BCUT2D eigenvalue weighted by Crippen LogP contribution is 2.17. The second-order valence-corrected chi connectivity index (χ2v) is 7.24. The second-order valence-electron chi connectivity index (χ2n) is 7.24. The zero-order chi connectivity index (χ0) is 21.5. The van der Waals surface area contributed by atoms with E-state index < -0.39 is 0 Å². The summed E-state index contributed by atoms with van der Waals surface area (Å²) in [5.41, 5.74) is 0.660. The number of rotatable bonds is 8. The van der Waals surface area contributed by atoms with E-state index in [4.69, 9.17) is 4.52 Å². The number of nitrogens with zero attached hydrogens (tertiary/aromatic N) is 5. The van der Waals surface area contributed by atoms with Crippen LogP contribution in [0.2, 0.25) is 0 Å². The van der Waals surface area contributed by atoms with Crippen molar-refractivity contribution in [2.24, 2.45) is 0 Å². The van der Waals surface area contributed by atoms with Crippen LogP contribution in [0.4, 0.5) is 4.39 Å². The highest BCUT2D eigenvalue weighted by Gasteiger charge is 2.24. The molecule has 0 spiro atoms. The molecule has 0 bridgehead atoms. The Morgan fingerprint density at radius 3 is 2.40 bits per heavy atom. The molecule has 2 aromatic rings. The molecule has 1 aromatic heterocycles. The third-order valence-corrected chi connectivity index (χ3v) is 5.32. The molecule has 9 heteroatoms. The third-order valence-electron chi connectivity index (χ3n) is 5.32. The lowest BCUT2D eigenvalue weighted by molar-refractivity contribution is -0.135. The summed E-state index contributed by atoms with van der Waals surface area (Å²) in [5, 5.41) is 3.90. The minimum atomic E-state index is -0.328. The van der Waals surface area contributed by atoms with Gasteiger partial charge in [-0.3, -0.25) is 14.5 Å². The van der Waals surface area contributed by atoms with E-state index in [-0.39, 0.29) is 24.1 Å². The number of aryl methyl sites for hydroxylation is 1. The zero-order valence-electron chi connectivity index (χ0n) is 17.5. The Kier molecular flexibility index (Phi) is 7.51. The summed E-state index contributed by atoms with van der Waals surface area (Å²) in [5.74, 6) is 0.597. The molecular weight excluding hydrogens is 389 g/mol. The summed E-state index contributed by atoms with van der Waals surface area (Å²) in [6, 6.07) is 5.84. The van der Waals surface area contributed by atoms with Crippen molar-refractivity contribution in [3.8, 4) is 11.4 Å². The first-order valence-corrected chi connectivity index (χ1v) is 10.4. The highest BCUT2D eigenvalue weighted by atomic mass is 19.1. The van der Waals surface area contributed by atoms with Crippen LogP contribution in [-0.2, 0) is 16.0 Å².